The van der Waals surface area contributed by atoms with Gasteiger partial charge in [-0.05, 0) is 36.8 Å². The van der Waals surface area contributed by atoms with Gasteiger partial charge in [0.15, 0.2) is 0 Å². The van der Waals surface area contributed by atoms with Crippen LogP contribution in [0.2, 0.25) is 0 Å². The quantitative estimate of drug-likeness (QED) is 0.773. The molecule has 0 bridgehead atoms. The van der Waals surface area contributed by atoms with Gasteiger partial charge in [-0.2, -0.15) is 5.26 Å². The van der Waals surface area contributed by atoms with Crippen LogP contribution in [0.5, 0.6) is 0 Å². The lowest BCUT2D eigenvalue weighted by Gasteiger charge is -2.15. The summed E-state index contributed by atoms with van der Waals surface area (Å²) in [5.41, 5.74) is 10.4. The van der Waals surface area contributed by atoms with Crippen LogP contribution < -0.4 is 5.73 Å². The zero-order chi connectivity index (χ0) is 16.7. The standard InChI is InChI=1S/C18H15N5S/c1-11-17-13(10-24-11)16(12(9-19)18(20)22-17)14-5-4-8-23(14)15-6-2-3-7-21-15/h2-8,11H,10H2,1H3,(H2,20,22)/t11-/m0/s1. The number of nitriles is 1. The Kier molecular flexibility index (Phi) is 3.51. The summed E-state index contributed by atoms with van der Waals surface area (Å²) < 4.78 is 1.99. The molecule has 2 N–H and O–H groups in total. The molecule has 0 saturated heterocycles. The van der Waals surface area contributed by atoms with Crippen molar-refractivity contribution in [3.63, 3.8) is 0 Å². The van der Waals surface area contributed by atoms with E-state index in [0.717, 1.165) is 34.1 Å². The number of aromatic nitrogens is 3. The molecule has 4 rings (SSSR count). The van der Waals surface area contributed by atoms with E-state index in [-0.39, 0.29) is 5.25 Å². The van der Waals surface area contributed by atoms with E-state index in [4.69, 9.17) is 5.73 Å². The summed E-state index contributed by atoms with van der Waals surface area (Å²) in [5, 5.41) is 9.94. The summed E-state index contributed by atoms with van der Waals surface area (Å²) >= 11 is 1.81. The van der Waals surface area contributed by atoms with E-state index >= 15 is 0 Å². The predicted molar refractivity (Wildman–Crippen MR) is 95.6 cm³/mol. The van der Waals surface area contributed by atoms with Gasteiger partial charge in [-0.25, -0.2) is 9.97 Å². The number of anilines is 1. The van der Waals surface area contributed by atoms with Gasteiger partial charge >= 0.3 is 0 Å². The summed E-state index contributed by atoms with van der Waals surface area (Å²) in [5.74, 6) is 1.94. The molecule has 0 unspecified atom stereocenters. The molecule has 3 aromatic rings. The maximum Gasteiger partial charge on any atom is 0.142 e. The van der Waals surface area contributed by atoms with Crippen molar-refractivity contribution in [1.29, 1.82) is 5.26 Å². The highest BCUT2D eigenvalue weighted by Crippen LogP contribution is 2.46. The number of nitrogens with two attached hydrogens (primary N) is 1. The molecule has 5 nitrogen and oxygen atoms in total. The number of nitrogen functional groups attached to an aromatic ring is 1. The molecule has 3 aromatic heterocycles. The van der Waals surface area contributed by atoms with Gasteiger partial charge in [0.05, 0.1) is 11.4 Å². The van der Waals surface area contributed by atoms with E-state index in [1.807, 2.05) is 52.9 Å². The molecule has 1 atom stereocenters. The highest BCUT2D eigenvalue weighted by atomic mass is 32.2. The SMILES string of the molecule is C[C@@H]1SCc2c1nc(N)c(C#N)c2-c1cccn1-c1ccccn1. The fraction of sp³-hybridized carbons (Fsp3) is 0.167. The van der Waals surface area contributed by atoms with Crippen LogP contribution in [0.4, 0.5) is 5.82 Å². The molecular formula is C18H15N5S. The van der Waals surface area contributed by atoms with Crippen molar-refractivity contribution < 1.29 is 0 Å². The lowest BCUT2D eigenvalue weighted by atomic mass is 9.98. The van der Waals surface area contributed by atoms with Crippen LogP contribution in [-0.4, -0.2) is 14.5 Å². The second-order valence-corrected chi connectivity index (χ2v) is 6.96. The number of pyridine rings is 2. The van der Waals surface area contributed by atoms with Gasteiger partial charge in [0.1, 0.15) is 23.3 Å². The first kappa shape index (κ1) is 14.8. The van der Waals surface area contributed by atoms with Crippen molar-refractivity contribution in [2.75, 3.05) is 5.73 Å². The molecular weight excluding hydrogens is 318 g/mol. The zero-order valence-corrected chi connectivity index (χ0v) is 13.9. The van der Waals surface area contributed by atoms with Crippen LogP contribution in [0.25, 0.3) is 17.1 Å². The molecule has 0 radical (unpaired) electrons. The first-order valence-corrected chi connectivity index (χ1v) is 8.68. The fourth-order valence-corrected chi connectivity index (χ4v) is 4.17. The Bertz CT molecular complexity index is 956. The number of hydrogen-bond acceptors (Lipinski definition) is 5. The number of hydrogen-bond donors (Lipinski definition) is 1. The minimum Gasteiger partial charge on any atom is -0.383 e. The summed E-state index contributed by atoms with van der Waals surface area (Å²) in [6.45, 7) is 2.12. The summed E-state index contributed by atoms with van der Waals surface area (Å²) in [6, 6.07) is 12.0. The predicted octanol–water partition coefficient (Wildman–Crippen LogP) is 3.70. The van der Waals surface area contributed by atoms with Crippen molar-refractivity contribution in [3.8, 4) is 23.1 Å². The van der Waals surface area contributed by atoms with Crippen molar-refractivity contribution >= 4 is 17.6 Å². The highest BCUT2D eigenvalue weighted by molar-refractivity contribution is 7.99. The van der Waals surface area contributed by atoms with E-state index < -0.39 is 0 Å². The van der Waals surface area contributed by atoms with E-state index in [9.17, 15) is 5.26 Å². The van der Waals surface area contributed by atoms with Gasteiger partial charge in [0, 0.05) is 29.0 Å². The van der Waals surface area contributed by atoms with Crippen LogP contribution >= 0.6 is 11.8 Å². The zero-order valence-electron chi connectivity index (χ0n) is 13.1. The first-order valence-electron chi connectivity index (χ1n) is 7.63. The Morgan fingerprint density at radius 3 is 2.96 bits per heavy atom. The van der Waals surface area contributed by atoms with Crippen LogP contribution in [0.3, 0.4) is 0 Å². The Morgan fingerprint density at radius 2 is 2.21 bits per heavy atom. The summed E-state index contributed by atoms with van der Waals surface area (Å²) in [7, 11) is 0. The molecule has 1 aliphatic rings. The monoisotopic (exact) mass is 333 g/mol. The molecule has 0 spiro atoms. The third-order valence-electron chi connectivity index (χ3n) is 4.23. The highest BCUT2D eigenvalue weighted by Gasteiger charge is 2.29. The molecule has 0 aromatic carbocycles. The van der Waals surface area contributed by atoms with Crippen LogP contribution in [0.1, 0.15) is 29.0 Å². The largest absolute Gasteiger partial charge is 0.383 e. The first-order chi connectivity index (χ1) is 11.7. The maximum absolute atomic E-state index is 9.66. The van der Waals surface area contributed by atoms with Gasteiger partial charge in [-0.3, -0.25) is 0 Å². The van der Waals surface area contributed by atoms with Crippen LogP contribution in [-0.2, 0) is 5.75 Å². The topological polar surface area (TPSA) is 80.5 Å². The van der Waals surface area contributed by atoms with E-state index in [1.165, 1.54) is 0 Å². The smallest absolute Gasteiger partial charge is 0.142 e. The molecule has 1 aliphatic heterocycles. The van der Waals surface area contributed by atoms with Crippen LogP contribution in [0, 0.1) is 11.3 Å². The lowest BCUT2D eigenvalue weighted by Crippen LogP contribution is -2.07. The van der Waals surface area contributed by atoms with Gasteiger partial charge in [0.2, 0.25) is 0 Å². The van der Waals surface area contributed by atoms with E-state index in [1.54, 1.807) is 6.20 Å². The second-order valence-electron chi connectivity index (χ2n) is 5.63. The summed E-state index contributed by atoms with van der Waals surface area (Å²) in [4.78, 5) is 8.91. The van der Waals surface area contributed by atoms with Gasteiger partial charge < -0.3 is 10.3 Å². The Balaban J connectivity index is 2.01. The van der Waals surface area contributed by atoms with Gasteiger partial charge in [0.25, 0.3) is 0 Å². The van der Waals surface area contributed by atoms with E-state index in [0.29, 0.717) is 11.4 Å². The Labute approximate surface area is 144 Å². The lowest BCUT2D eigenvalue weighted by molar-refractivity contribution is 0.994. The number of rotatable bonds is 2. The Hall–Kier alpha value is -2.78. The molecule has 0 aliphatic carbocycles. The second kappa shape index (κ2) is 5.69. The third kappa shape index (κ3) is 2.17. The third-order valence-corrected chi connectivity index (χ3v) is 5.41. The van der Waals surface area contributed by atoms with Crippen LogP contribution in [0.15, 0.2) is 42.7 Å². The van der Waals surface area contributed by atoms with Crippen molar-refractivity contribution in [1.82, 2.24) is 14.5 Å². The van der Waals surface area contributed by atoms with Crippen molar-refractivity contribution in [2.45, 2.75) is 17.9 Å². The average Bonchev–Trinajstić information content (AvgIpc) is 3.22. The number of thioether (sulfide) groups is 1. The molecule has 24 heavy (non-hydrogen) atoms. The van der Waals surface area contributed by atoms with Gasteiger partial charge in [-0.1, -0.05) is 6.07 Å². The molecule has 0 saturated carbocycles. The van der Waals surface area contributed by atoms with Crippen molar-refractivity contribution in [2.24, 2.45) is 0 Å². The number of nitrogens with zero attached hydrogens (tertiary/aromatic N) is 4. The minimum atomic E-state index is 0.284. The van der Waals surface area contributed by atoms with E-state index in [2.05, 4.69) is 23.0 Å². The fourth-order valence-electron chi connectivity index (χ4n) is 3.11. The minimum absolute atomic E-state index is 0.284. The molecule has 0 fully saturated rings. The number of fused-ring (bicyclic) bond motifs is 1. The molecule has 0 amide bonds. The average molecular weight is 333 g/mol. The normalized spacial score (nSPS) is 15.9. The molecule has 4 heterocycles. The Morgan fingerprint density at radius 1 is 1.33 bits per heavy atom. The molecule has 118 valence electrons. The summed E-state index contributed by atoms with van der Waals surface area (Å²) in [6.07, 6.45) is 3.71. The van der Waals surface area contributed by atoms with Gasteiger partial charge in [-0.15, -0.1) is 11.8 Å². The molecule has 6 heteroatoms. The van der Waals surface area contributed by atoms with Crippen molar-refractivity contribution in [3.05, 3.63) is 59.5 Å². The maximum atomic E-state index is 9.66.